The summed E-state index contributed by atoms with van der Waals surface area (Å²) < 4.78 is 4.86. The molecule has 0 aliphatic rings. The molecule has 1 N–H and O–H groups in total. The summed E-state index contributed by atoms with van der Waals surface area (Å²) >= 11 is 0. The Labute approximate surface area is 80.9 Å². The Hall–Kier alpha value is -1.84. The van der Waals surface area contributed by atoms with E-state index in [4.69, 9.17) is 4.74 Å². The van der Waals surface area contributed by atoms with Gasteiger partial charge in [0.25, 0.3) is 0 Å². The molecule has 2 aromatic rings. The Kier molecular flexibility index (Phi) is 2.18. The first kappa shape index (κ1) is 8.74. The van der Waals surface area contributed by atoms with Crippen LogP contribution in [0.3, 0.4) is 0 Å². The van der Waals surface area contributed by atoms with Gasteiger partial charge in [-0.3, -0.25) is 4.98 Å². The molecule has 2 heterocycles. The first-order valence-corrected chi connectivity index (χ1v) is 4.41. The lowest BCUT2D eigenvalue weighted by Gasteiger charge is -2.00. The first-order chi connectivity index (χ1) is 6.81. The third-order valence-corrected chi connectivity index (χ3v) is 1.91. The maximum absolute atomic E-state index is 11.3. The van der Waals surface area contributed by atoms with E-state index >= 15 is 0 Å². The van der Waals surface area contributed by atoms with Gasteiger partial charge in [0.15, 0.2) is 0 Å². The summed E-state index contributed by atoms with van der Waals surface area (Å²) in [6, 6.07) is 3.59. The maximum atomic E-state index is 11.3. The molecular weight excluding hydrogens is 180 g/mol. The van der Waals surface area contributed by atoms with E-state index in [1.807, 2.05) is 6.07 Å². The van der Waals surface area contributed by atoms with Gasteiger partial charge in [0.1, 0.15) is 0 Å². The molecule has 0 aromatic carbocycles. The lowest BCUT2D eigenvalue weighted by molar-refractivity contribution is 0.0526. The van der Waals surface area contributed by atoms with Gasteiger partial charge in [0.2, 0.25) is 0 Å². The van der Waals surface area contributed by atoms with Crippen molar-refractivity contribution in [1.82, 2.24) is 9.97 Å². The monoisotopic (exact) mass is 190 g/mol. The van der Waals surface area contributed by atoms with Gasteiger partial charge >= 0.3 is 5.97 Å². The largest absolute Gasteiger partial charge is 0.462 e. The number of ether oxygens (including phenoxy) is 1. The number of fused-ring (bicyclic) bond motifs is 1. The second kappa shape index (κ2) is 3.49. The quantitative estimate of drug-likeness (QED) is 0.734. The van der Waals surface area contributed by atoms with Gasteiger partial charge in [-0.1, -0.05) is 0 Å². The molecule has 0 unspecified atom stereocenters. The summed E-state index contributed by atoms with van der Waals surface area (Å²) in [5, 5.41) is 0. The second-order valence-corrected chi connectivity index (χ2v) is 2.85. The fraction of sp³-hybridized carbons (Fsp3) is 0.200. The van der Waals surface area contributed by atoms with Crippen LogP contribution in [-0.4, -0.2) is 22.5 Å². The summed E-state index contributed by atoms with van der Waals surface area (Å²) in [5.74, 6) is -0.337. The van der Waals surface area contributed by atoms with E-state index in [1.54, 1.807) is 19.2 Å². The zero-order valence-corrected chi connectivity index (χ0v) is 7.78. The molecule has 4 heteroatoms. The zero-order chi connectivity index (χ0) is 9.97. The highest BCUT2D eigenvalue weighted by Crippen LogP contribution is 2.11. The van der Waals surface area contributed by atoms with Crippen LogP contribution in [0.4, 0.5) is 0 Å². The highest BCUT2D eigenvalue weighted by atomic mass is 16.5. The predicted molar refractivity (Wildman–Crippen MR) is 52.1 cm³/mol. The van der Waals surface area contributed by atoms with Gasteiger partial charge in [-0.2, -0.15) is 0 Å². The molecule has 0 fully saturated rings. The van der Waals surface area contributed by atoms with E-state index in [1.165, 1.54) is 6.20 Å². The lowest BCUT2D eigenvalue weighted by atomic mass is 10.2. The van der Waals surface area contributed by atoms with Gasteiger partial charge in [-0.05, 0) is 19.1 Å². The number of aromatic amines is 1. The number of hydrogen-bond donors (Lipinski definition) is 1. The molecule has 0 saturated carbocycles. The van der Waals surface area contributed by atoms with E-state index < -0.39 is 0 Å². The summed E-state index contributed by atoms with van der Waals surface area (Å²) in [6.07, 6.45) is 3.31. The molecule has 0 aliphatic carbocycles. The minimum absolute atomic E-state index is 0.337. The number of H-pyrrole nitrogens is 1. The van der Waals surface area contributed by atoms with Crippen LogP contribution in [0.15, 0.2) is 24.5 Å². The third kappa shape index (κ3) is 1.46. The molecule has 0 amide bonds. The first-order valence-electron chi connectivity index (χ1n) is 4.41. The van der Waals surface area contributed by atoms with Crippen molar-refractivity contribution >= 4 is 17.0 Å². The minimum atomic E-state index is -0.337. The van der Waals surface area contributed by atoms with E-state index in [9.17, 15) is 4.79 Å². The zero-order valence-electron chi connectivity index (χ0n) is 7.78. The van der Waals surface area contributed by atoms with E-state index in [0.717, 1.165) is 11.0 Å². The molecular formula is C10H10N2O2. The average molecular weight is 190 g/mol. The number of carbonyl (C=O) groups excluding carboxylic acids is 1. The van der Waals surface area contributed by atoms with Gasteiger partial charge in [0.05, 0.1) is 23.2 Å². The molecule has 0 saturated heterocycles. The summed E-state index contributed by atoms with van der Waals surface area (Å²) in [4.78, 5) is 18.4. The molecule has 4 nitrogen and oxygen atoms in total. The molecule has 2 rings (SSSR count). The maximum Gasteiger partial charge on any atom is 0.339 e. The number of hydrogen-bond acceptors (Lipinski definition) is 3. The van der Waals surface area contributed by atoms with E-state index in [-0.39, 0.29) is 5.97 Å². The Morgan fingerprint density at radius 2 is 2.50 bits per heavy atom. The number of carbonyl (C=O) groups is 1. The Morgan fingerprint density at radius 1 is 1.64 bits per heavy atom. The van der Waals surface area contributed by atoms with Crippen molar-refractivity contribution in [2.45, 2.75) is 6.92 Å². The summed E-state index contributed by atoms with van der Waals surface area (Å²) in [7, 11) is 0. The fourth-order valence-electron chi connectivity index (χ4n) is 1.26. The van der Waals surface area contributed by atoms with Crippen molar-refractivity contribution in [3.05, 3.63) is 30.1 Å². The van der Waals surface area contributed by atoms with Crippen LogP contribution in [0.2, 0.25) is 0 Å². The van der Waals surface area contributed by atoms with Crippen molar-refractivity contribution in [3.63, 3.8) is 0 Å². The number of rotatable bonds is 2. The Morgan fingerprint density at radius 3 is 3.29 bits per heavy atom. The van der Waals surface area contributed by atoms with Crippen molar-refractivity contribution < 1.29 is 9.53 Å². The van der Waals surface area contributed by atoms with E-state index in [2.05, 4.69) is 9.97 Å². The van der Waals surface area contributed by atoms with Crippen molar-refractivity contribution in [2.75, 3.05) is 6.61 Å². The number of nitrogens with one attached hydrogen (secondary N) is 1. The predicted octanol–water partition coefficient (Wildman–Crippen LogP) is 1.74. The van der Waals surface area contributed by atoms with Crippen molar-refractivity contribution in [2.24, 2.45) is 0 Å². The fourth-order valence-corrected chi connectivity index (χ4v) is 1.26. The highest BCUT2D eigenvalue weighted by molar-refractivity contribution is 5.92. The van der Waals surface area contributed by atoms with Crippen LogP contribution in [0.25, 0.3) is 11.0 Å². The normalized spacial score (nSPS) is 10.4. The number of esters is 1. The third-order valence-electron chi connectivity index (χ3n) is 1.91. The van der Waals surface area contributed by atoms with Gasteiger partial charge in [0, 0.05) is 12.4 Å². The molecule has 0 radical (unpaired) electrons. The van der Waals surface area contributed by atoms with Crippen LogP contribution < -0.4 is 0 Å². The van der Waals surface area contributed by atoms with E-state index in [0.29, 0.717) is 12.2 Å². The average Bonchev–Trinajstić information content (AvgIpc) is 2.64. The SMILES string of the molecule is CCOC(=O)c1cnc2cc[nH]c2c1. The Balaban J connectivity index is 2.38. The van der Waals surface area contributed by atoms with Crippen LogP contribution in [-0.2, 0) is 4.74 Å². The van der Waals surface area contributed by atoms with Crippen LogP contribution in [0, 0.1) is 0 Å². The van der Waals surface area contributed by atoms with Gasteiger partial charge in [-0.15, -0.1) is 0 Å². The smallest absolute Gasteiger partial charge is 0.339 e. The van der Waals surface area contributed by atoms with Crippen LogP contribution in [0.1, 0.15) is 17.3 Å². The molecule has 2 aromatic heterocycles. The minimum Gasteiger partial charge on any atom is -0.462 e. The van der Waals surface area contributed by atoms with Crippen molar-refractivity contribution in [3.8, 4) is 0 Å². The standard InChI is InChI=1S/C10H10N2O2/c1-2-14-10(13)7-5-9-8(12-6-7)3-4-11-9/h3-6,11H,2H2,1H3. The highest BCUT2D eigenvalue weighted by Gasteiger charge is 2.07. The van der Waals surface area contributed by atoms with Gasteiger partial charge in [-0.25, -0.2) is 4.79 Å². The molecule has 72 valence electrons. The number of nitrogens with zero attached hydrogens (tertiary/aromatic N) is 1. The topological polar surface area (TPSA) is 55.0 Å². The number of pyridine rings is 1. The van der Waals surface area contributed by atoms with Crippen molar-refractivity contribution in [1.29, 1.82) is 0 Å². The molecule has 14 heavy (non-hydrogen) atoms. The molecule has 0 spiro atoms. The summed E-state index contributed by atoms with van der Waals surface area (Å²) in [5.41, 5.74) is 2.16. The molecule has 0 atom stereocenters. The lowest BCUT2D eigenvalue weighted by Crippen LogP contribution is -2.04. The molecule has 0 bridgehead atoms. The number of aromatic nitrogens is 2. The van der Waals surface area contributed by atoms with Crippen LogP contribution in [0.5, 0.6) is 0 Å². The molecule has 0 aliphatic heterocycles. The van der Waals surface area contributed by atoms with Crippen LogP contribution >= 0.6 is 0 Å². The Bertz CT molecular complexity index is 462. The summed E-state index contributed by atoms with van der Waals surface area (Å²) in [6.45, 7) is 2.15. The second-order valence-electron chi connectivity index (χ2n) is 2.85. The van der Waals surface area contributed by atoms with Gasteiger partial charge < -0.3 is 9.72 Å².